The van der Waals surface area contributed by atoms with Crippen molar-refractivity contribution in [1.29, 1.82) is 5.26 Å². The quantitative estimate of drug-likeness (QED) is 0.872. The van der Waals surface area contributed by atoms with Crippen LogP contribution >= 0.6 is 0 Å². The molecule has 1 aliphatic heterocycles. The summed E-state index contributed by atoms with van der Waals surface area (Å²) in [7, 11) is 2.99. The maximum Gasteiger partial charge on any atom is 0.332 e. The summed E-state index contributed by atoms with van der Waals surface area (Å²) in [5, 5.41) is 12.6. The fourth-order valence-electron chi connectivity index (χ4n) is 3.81. The summed E-state index contributed by atoms with van der Waals surface area (Å²) in [6.07, 6.45) is 6.11. The smallest absolute Gasteiger partial charge is 0.332 e. The topological polar surface area (TPSA) is 83.1 Å². The van der Waals surface area contributed by atoms with E-state index in [1.807, 2.05) is 6.07 Å². The molecule has 1 aromatic rings. The van der Waals surface area contributed by atoms with Gasteiger partial charge in [-0.1, -0.05) is 12.8 Å². The molecule has 2 fully saturated rings. The third kappa shape index (κ3) is 2.79. The van der Waals surface area contributed by atoms with Crippen molar-refractivity contribution < 1.29 is 0 Å². The first kappa shape index (κ1) is 15.8. The van der Waals surface area contributed by atoms with E-state index in [1.165, 1.54) is 37.3 Å². The fourth-order valence-corrected chi connectivity index (χ4v) is 3.81. The Hall–Kier alpha value is -2.07. The molecule has 1 N–H and O–H groups in total. The lowest BCUT2D eigenvalue weighted by Crippen LogP contribution is -2.41. The van der Waals surface area contributed by atoms with Gasteiger partial charge in [-0.3, -0.25) is 18.8 Å². The molecule has 0 amide bonds. The molecule has 7 nitrogen and oxygen atoms in total. The lowest BCUT2D eigenvalue weighted by molar-refractivity contribution is 0.245. The second-order valence-electron chi connectivity index (χ2n) is 6.60. The third-order valence-corrected chi connectivity index (χ3v) is 5.18. The number of nitrogens with zero attached hydrogens (tertiary/aromatic N) is 4. The molecule has 124 valence electrons. The van der Waals surface area contributed by atoms with E-state index in [9.17, 15) is 14.9 Å². The molecule has 7 heteroatoms. The highest BCUT2D eigenvalue weighted by Gasteiger charge is 2.30. The molecule has 1 aliphatic carbocycles. The minimum atomic E-state index is -0.538. The summed E-state index contributed by atoms with van der Waals surface area (Å²) in [6.45, 7) is 1.93. The van der Waals surface area contributed by atoms with Crippen LogP contribution in [0, 0.1) is 11.3 Å². The van der Waals surface area contributed by atoms with E-state index < -0.39 is 11.2 Å². The van der Waals surface area contributed by atoms with Gasteiger partial charge in [-0.05, 0) is 19.3 Å². The highest BCUT2D eigenvalue weighted by atomic mass is 16.2. The van der Waals surface area contributed by atoms with E-state index >= 15 is 0 Å². The SMILES string of the molecule is Cn1c(NC2CCN(C3CCCC3)C2)c(C#N)c(=O)n(C)c1=O. The largest absolute Gasteiger partial charge is 0.366 e. The Kier molecular flexibility index (Phi) is 4.26. The molecule has 1 aromatic heterocycles. The number of nitriles is 1. The van der Waals surface area contributed by atoms with Crippen molar-refractivity contribution in [2.45, 2.75) is 44.2 Å². The molecule has 1 unspecified atom stereocenters. The number of anilines is 1. The fraction of sp³-hybridized carbons (Fsp3) is 0.688. The van der Waals surface area contributed by atoms with E-state index in [-0.39, 0.29) is 11.6 Å². The van der Waals surface area contributed by atoms with Gasteiger partial charge in [0.1, 0.15) is 11.9 Å². The molecule has 1 atom stereocenters. The maximum atomic E-state index is 12.1. The van der Waals surface area contributed by atoms with Crippen LogP contribution in [0.15, 0.2) is 9.59 Å². The van der Waals surface area contributed by atoms with Crippen molar-refractivity contribution in [3.8, 4) is 6.07 Å². The Labute approximate surface area is 135 Å². The first-order valence-corrected chi connectivity index (χ1v) is 8.23. The van der Waals surface area contributed by atoms with Gasteiger partial charge >= 0.3 is 5.69 Å². The molecule has 1 saturated heterocycles. The molecule has 2 aliphatic rings. The van der Waals surface area contributed by atoms with Crippen LogP contribution in [0.5, 0.6) is 0 Å². The van der Waals surface area contributed by atoms with Gasteiger partial charge in [0, 0.05) is 39.3 Å². The summed E-state index contributed by atoms with van der Waals surface area (Å²) >= 11 is 0. The highest BCUT2D eigenvalue weighted by molar-refractivity contribution is 5.52. The molecule has 0 radical (unpaired) electrons. The van der Waals surface area contributed by atoms with Crippen molar-refractivity contribution >= 4 is 5.82 Å². The molecule has 23 heavy (non-hydrogen) atoms. The van der Waals surface area contributed by atoms with E-state index in [4.69, 9.17) is 0 Å². The van der Waals surface area contributed by atoms with Crippen LogP contribution in [0.2, 0.25) is 0 Å². The first-order valence-electron chi connectivity index (χ1n) is 8.23. The number of hydrogen-bond acceptors (Lipinski definition) is 5. The Morgan fingerprint density at radius 1 is 1.13 bits per heavy atom. The van der Waals surface area contributed by atoms with Crippen molar-refractivity contribution in [1.82, 2.24) is 14.0 Å². The van der Waals surface area contributed by atoms with Crippen LogP contribution in [0.1, 0.15) is 37.7 Å². The van der Waals surface area contributed by atoms with Gasteiger partial charge in [0.2, 0.25) is 0 Å². The van der Waals surface area contributed by atoms with Crippen LogP contribution in [-0.2, 0) is 14.1 Å². The van der Waals surface area contributed by atoms with Gasteiger partial charge in [0.05, 0.1) is 0 Å². The molecule has 0 spiro atoms. The second-order valence-corrected chi connectivity index (χ2v) is 6.60. The normalized spacial score (nSPS) is 22.4. The monoisotopic (exact) mass is 317 g/mol. The van der Waals surface area contributed by atoms with Crippen molar-refractivity contribution in [2.75, 3.05) is 18.4 Å². The number of nitrogens with one attached hydrogen (secondary N) is 1. The summed E-state index contributed by atoms with van der Waals surface area (Å²) in [5.41, 5.74) is -0.945. The van der Waals surface area contributed by atoms with Crippen LogP contribution < -0.4 is 16.6 Å². The maximum absolute atomic E-state index is 12.1. The van der Waals surface area contributed by atoms with Gasteiger partial charge in [-0.25, -0.2) is 4.79 Å². The molecular weight excluding hydrogens is 294 g/mol. The van der Waals surface area contributed by atoms with Gasteiger partial charge in [-0.2, -0.15) is 5.26 Å². The Morgan fingerprint density at radius 3 is 2.48 bits per heavy atom. The molecule has 1 saturated carbocycles. The number of hydrogen-bond donors (Lipinski definition) is 1. The van der Waals surface area contributed by atoms with E-state index in [2.05, 4.69) is 10.2 Å². The van der Waals surface area contributed by atoms with Gasteiger partial charge in [-0.15, -0.1) is 0 Å². The number of rotatable bonds is 3. The zero-order valence-electron chi connectivity index (χ0n) is 13.7. The Bertz CT molecular complexity index is 751. The lowest BCUT2D eigenvalue weighted by Gasteiger charge is -2.24. The standard InChI is InChI=1S/C16H23N5O2/c1-19-14(13(9-17)15(22)20(2)16(19)23)18-11-7-8-21(10-11)12-5-3-4-6-12/h11-12,18H,3-8,10H2,1-2H3. The Morgan fingerprint density at radius 2 is 1.83 bits per heavy atom. The summed E-state index contributed by atoms with van der Waals surface area (Å²) in [6, 6.07) is 2.78. The predicted molar refractivity (Wildman–Crippen MR) is 87.5 cm³/mol. The minimum Gasteiger partial charge on any atom is -0.366 e. The van der Waals surface area contributed by atoms with Crippen LogP contribution in [0.3, 0.4) is 0 Å². The van der Waals surface area contributed by atoms with Crippen LogP contribution in [0.25, 0.3) is 0 Å². The zero-order chi connectivity index (χ0) is 16.6. The molecule has 0 bridgehead atoms. The van der Waals surface area contributed by atoms with E-state index in [0.29, 0.717) is 11.9 Å². The summed E-state index contributed by atoms with van der Waals surface area (Å²) in [4.78, 5) is 26.7. The lowest BCUT2D eigenvalue weighted by atomic mass is 10.2. The molecular formula is C16H23N5O2. The van der Waals surface area contributed by atoms with Crippen LogP contribution in [-0.4, -0.2) is 39.2 Å². The zero-order valence-corrected chi connectivity index (χ0v) is 13.7. The van der Waals surface area contributed by atoms with Gasteiger partial charge < -0.3 is 5.32 Å². The molecule has 2 heterocycles. The average Bonchev–Trinajstić information content (AvgIpc) is 3.22. The first-order chi connectivity index (χ1) is 11.0. The van der Waals surface area contributed by atoms with Gasteiger partial charge in [0.15, 0.2) is 5.56 Å². The van der Waals surface area contributed by atoms with Crippen molar-refractivity contribution in [2.24, 2.45) is 14.1 Å². The van der Waals surface area contributed by atoms with E-state index in [1.54, 1.807) is 7.05 Å². The summed E-state index contributed by atoms with van der Waals surface area (Å²) in [5.74, 6) is 0.346. The number of aromatic nitrogens is 2. The molecule has 0 aromatic carbocycles. The third-order valence-electron chi connectivity index (χ3n) is 5.18. The van der Waals surface area contributed by atoms with E-state index in [0.717, 1.165) is 24.1 Å². The highest BCUT2D eigenvalue weighted by Crippen LogP contribution is 2.27. The van der Waals surface area contributed by atoms with Crippen molar-refractivity contribution in [3.63, 3.8) is 0 Å². The van der Waals surface area contributed by atoms with Crippen molar-refractivity contribution in [3.05, 3.63) is 26.4 Å². The summed E-state index contributed by atoms with van der Waals surface area (Å²) < 4.78 is 2.33. The predicted octanol–water partition coefficient (Wildman–Crippen LogP) is 0.384. The Balaban J connectivity index is 1.83. The number of likely N-dealkylation sites (tertiary alicyclic amines) is 1. The average molecular weight is 317 g/mol. The van der Waals surface area contributed by atoms with Crippen LogP contribution in [0.4, 0.5) is 5.82 Å². The van der Waals surface area contributed by atoms with Gasteiger partial charge in [0.25, 0.3) is 5.56 Å². The minimum absolute atomic E-state index is 0.00826. The second kappa shape index (κ2) is 6.20. The molecule has 3 rings (SSSR count).